The van der Waals surface area contributed by atoms with E-state index in [4.69, 9.17) is 0 Å². The molecule has 0 bridgehead atoms. The van der Waals surface area contributed by atoms with Gasteiger partial charge in [-0.3, -0.25) is 4.84 Å². The van der Waals surface area contributed by atoms with Crippen LogP contribution in [0.3, 0.4) is 0 Å². The number of benzene rings is 1. The molecular formula is C8H9F2NO4S. The van der Waals surface area contributed by atoms with Crippen molar-refractivity contribution in [3.05, 3.63) is 23.3 Å². The Morgan fingerprint density at radius 3 is 2.50 bits per heavy atom. The molecule has 1 aromatic carbocycles. The predicted molar refractivity (Wildman–Crippen MR) is 50.1 cm³/mol. The lowest BCUT2D eigenvalue weighted by molar-refractivity contribution is 0.121. The fraction of sp³-hybridized carbons (Fsp3) is 0.250. The van der Waals surface area contributed by atoms with Crippen molar-refractivity contribution < 1.29 is 27.1 Å². The van der Waals surface area contributed by atoms with Crippen LogP contribution in [0.15, 0.2) is 11.0 Å². The minimum absolute atomic E-state index is 0.273. The summed E-state index contributed by atoms with van der Waals surface area (Å²) in [5.41, 5.74) is -0.273. The molecule has 5 nitrogen and oxygen atoms in total. The van der Waals surface area contributed by atoms with Crippen molar-refractivity contribution in [2.24, 2.45) is 5.90 Å². The molecule has 1 aromatic rings. The van der Waals surface area contributed by atoms with Gasteiger partial charge in [0.15, 0.2) is 21.4 Å². The SMILES string of the molecule is CS(=O)(=O)c1c(F)cc(CON)c(O)c1F. The fourth-order valence-corrected chi connectivity index (χ4v) is 2.02. The summed E-state index contributed by atoms with van der Waals surface area (Å²) in [6.07, 6.45) is 0.632. The Hall–Kier alpha value is -1.25. The molecule has 0 spiro atoms. The summed E-state index contributed by atoms with van der Waals surface area (Å²) in [5, 5.41) is 9.26. The Morgan fingerprint density at radius 1 is 1.50 bits per heavy atom. The number of rotatable bonds is 3. The lowest BCUT2D eigenvalue weighted by atomic mass is 10.2. The van der Waals surface area contributed by atoms with Gasteiger partial charge in [-0.25, -0.2) is 23.1 Å². The Kier molecular flexibility index (Phi) is 3.46. The van der Waals surface area contributed by atoms with Gasteiger partial charge >= 0.3 is 0 Å². The van der Waals surface area contributed by atoms with E-state index < -0.39 is 38.7 Å². The van der Waals surface area contributed by atoms with E-state index in [0.717, 1.165) is 0 Å². The minimum atomic E-state index is -4.10. The van der Waals surface area contributed by atoms with Crippen molar-refractivity contribution in [3.8, 4) is 5.75 Å². The summed E-state index contributed by atoms with van der Waals surface area (Å²) >= 11 is 0. The van der Waals surface area contributed by atoms with Crippen LogP contribution >= 0.6 is 0 Å². The summed E-state index contributed by atoms with van der Waals surface area (Å²) in [7, 11) is -4.10. The van der Waals surface area contributed by atoms with Gasteiger partial charge in [0.05, 0.1) is 6.61 Å². The van der Waals surface area contributed by atoms with E-state index >= 15 is 0 Å². The average molecular weight is 253 g/mol. The summed E-state index contributed by atoms with van der Waals surface area (Å²) in [4.78, 5) is 2.93. The molecule has 0 atom stereocenters. The van der Waals surface area contributed by atoms with E-state index in [-0.39, 0.29) is 5.56 Å². The normalized spacial score (nSPS) is 11.8. The first-order chi connectivity index (χ1) is 7.29. The molecule has 1 rings (SSSR count). The van der Waals surface area contributed by atoms with Crippen LogP contribution in [-0.4, -0.2) is 19.8 Å². The van der Waals surface area contributed by atoms with Gasteiger partial charge in [-0.2, -0.15) is 0 Å². The zero-order valence-electron chi connectivity index (χ0n) is 8.20. The van der Waals surface area contributed by atoms with Gasteiger partial charge in [0, 0.05) is 11.8 Å². The molecule has 0 aliphatic heterocycles. The highest BCUT2D eigenvalue weighted by Crippen LogP contribution is 2.30. The molecule has 0 saturated carbocycles. The van der Waals surface area contributed by atoms with Gasteiger partial charge < -0.3 is 5.11 Å². The number of hydrogen-bond donors (Lipinski definition) is 2. The molecule has 0 aliphatic carbocycles. The predicted octanol–water partition coefficient (Wildman–Crippen LogP) is 0.464. The van der Waals surface area contributed by atoms with Crippen LogP contribution in [0.25, 0.3) is 0 Å². The summed E-state index contributed by atoms with van der Waals surface area (Å²) in [5.74, 6) is 0.838. The number of phenols is 1. The quantitative estimate of drug-likeness (QED) is 0.764. The summed E-state index contributed by atoms with van der Waals surface area (Å²) < 4.78 is 48.8. The molecule has 0 saturated heterocycles. The number of sulfone groups is 1. The molecule has 8 heteroatoms. The summed E-state index contributed by atoms with van der Waals surface area (Å²) in [6.45, 7) is -0.441. The van der Waals surface area contributed by atoms with Crippen molar-refractivity contribution in [1.29, 1.82) is 0 Å². The molecule has 0 fully saturated rings. The van der Waals surface area contributed by atoms with Crippen LogP contribution in [0.5, 0.6) is 5.75 Å². The third kappa shape index (κ3) is 2.29. The Morgan fingerprint density at radius 2 is 2.06 bits per heavy atom. The fourth-order valence-electron chi connectivity index (χ4n) is 1.18. The summed E-state index contributed by atoms with van der Waals surface area (Å²) in [6, 6.07) is 0.654. The number of aromatic hydroxyl groups is 1. The highest BCUT2D eigenvalue weighted by Gasteiger charge is 2.25. The first-order valence-corrected chi connectivity index (χ1v) is 5.89. The second-order valence-electron chi connectivity index (χ2n) is 3.09. The van der Waals surface area contributed by atoms with Crippen LogP contribution in [-0.2, 0) is 21.3 Å². The van der Waals surface area contributed by atoms with Crippen LogP contribution in [0.4, 0.5) is 8.78 Å². The van der Waals surface area contributed by atoms with Gasteiger partial charge in [-0.1, -0.05) is 0 Å². The first kappa shape index (κ1) is 12.8. The molecule has 0 radical (unpaired) electrons. The molecule has 0 heterocycles. The van der Waals surface area contributed by atoms with Gasteiger partial charge in [-0.05, 0) is 6.07 Å². The monoisotopic (exact) mass is 253 g/mol. The lowest BCUT2D eigenvalue weighted by Gasteiger charge is -2.08. The molecule has 0 aliphatic rings. The number of halogens is 2. The van der Waals surface area contributed by atoms with Crippen molar-refractivity contribution >= 4 is 9.84 Å². The Bertz CT molecular complexity index is 515. The molecule has 90 valence electrons. The van der Waals surface area contributed by atoms with Crippen molar-refractivity contribution in [2.75, 3.05) is 6.26 Å². The van der Waals surface area contributed by atoms with Crippen molar-refractivity contribution in [3.63, 3.8) is 0 Å². The van der Waals surface area contributed by atoms with Crippen LogP contribution in [0, 0.1) is 11.6 Å². The zero-order chi connectivity index (χ0) is 12.5. The maximum atomic E-state index is 13.4. The van der Waals surface area contributed by atoms with Crippen molar-refractivity contribution in [2.45, 2.75) is 11.5 Å². The van der Waals surface area contributed by atoms with E-state index in [9.17, 15) is 22.3 Å². The maximum Gasteiger partial charge on any atom is 0.186 e. The zero-order valence-corrected chi connectivity index (χ0v) is 9.01. The number of nitrogens with two attached hydrogens (primary N) is 1. The van der Waals surface area contributed by atoms with Gasteiger partial charge in [0.1, 0.15) is 10.7 Å². The smallest absolute Gasteiger partial charge is 0.186 e. The standard InChI is InChI=1S/C8H9F2NO4S/c1-16(13,14)8-5(9)2-4(3-15-11)7(12)6(8)10/h2,12H,3,11H2,1H3. The topological polar surface area (TPSA) is 89.6 Å². The van der Waals surface area contributed by atoms with Gasteiger partial charge in [-0.15, -0.1) is 0 Å². The van der Waals surface area contributed by atoms with E-state index in [0.29, 0.717) is 12.3 Å². The Balaban J connectivity index is 3.53. The third-order valence-electron chi connectivity index (χ3n) is 1.84. The highest BCUT2D eigenvalue weighted by atomic mass is 32.2. The second-order valence-corrected chi connectivity index (χ2v) is 5.04. The van der Waals surface area contributed by atoms with E-state index in [1.165, 1.54) is 0 Å². The maximum absolute atomic E-state index is 13.4. The van der Waals surface area contributed by atoms with Crippen molar-refractivity contribution in [1.82, 2.24) is 0 Å². The van der Waals surface area contributed by atoms with E-state index in [1.54, 1.807) is 0 Å². The number of hydrogen-bond acceptors (Lipinski definition) is 5. The molecule has 0 unspecified atom stereocenters. The van der Waals surface area contributed by atoms with Gasteiger partial charge in [0.2, 0.25) is 0 Å². The average Bonchev–Trinajstić information content (AvgIpc) is 2.12. The molecular weight excluding hydrogens is 244 g/mol. The molecule has 16 heavy (non-hydrogen) atoms. The number of phenolic OH excluding ortho intramolecular Hbond substituents is 1. The van der Waals surface area contributed by atoms with E-state index in [2.05, 4.69) is 10.7 Å². The molecule has 0 aromatic heterocycles. The van der Waals surface area contributed by atoms with Crippen LogP contribution in [0.2, 0.25) is 0 Å². The first-order valence-electron chi connectivity index (χ1n) is 4.00. The second kappa shape index (κ2) is 4.32. The Labute approximate surface area is 90.3 Å². The lowest BCUT2D eigenvalue weighted by Crippen LogP contribution is -2.08. The van der Waals surface area contributed by atoms with Gasteiger partial charge in [0.25, 0.3) is 0 Å². The minimum Gasteiger partial charge on any atom is -0.505 e. The highest BCUT2D eigenvalue weighted by molar-refractivity contribution is 7.90. The molecule has 3 N–H and O–H groups in total. The van der Waals surface area contributed by atoms with Crippen LogP contribution in [0.1, 0.15) is 5.56 Å². The largest absolute Gasteiger partial charge is 0.505 e. The van der Waals surface area contributed by atoms with Crippen LogP contribution < -0.4 is 5.90 Å². The molecule has 0 amide bonds. The third-order valence-corrected chi connectivity index (χ3v) is 2.95. The van der Waals surface area contributed by atoms with E-state index in [1.807, 2.05) is 0 Å².